The zero-order valence-corrected chi connectivity index (χ0v) is 14.8. The number of likely N-dealkylation sites (N-methyl/N-ethyl adjacent to an activating group) is 1. The summed E-state index contributed by atoms with van der Waals surface area (Å²) >= 11 is 0. The van der Waals surface area contributed by atoms with Gasteiger partial charge in [0.2, 0.25) is 0 Å². The van der Waals surface area contributed by atoms with Crippen molar-refractivity contribution in [1.82, 2.24) is 4.90 Å². The number of hydrogen-bond acceptors (Lipinski definition) is 5. The van der Waals surface area contributed by atoms with Crippen LogP contribution in [0.15, 0.2) is 18.2 Å². The molecule has 2 aromatic rings. The number of hydrogen-bond donors (Lipinski definition) is 2. The van der Waals surface area contributed by atoms with Gasteiger partial charge in [0.15, 0.2) is 23.0 Å². The number of benzene rings is 2. The molecule has 0 radical (unpaired) electrons. The molecule has 0 bridgehead atoms. The molecule has 0 fully saturated rings. The molecule has 4 rings (SSSR count). The largest absolute Gasteiger partial charge is 0.504 e. The Kier molecular flexibility index (Phi) is 3.76. The Balaban J connectivity index is 2.06. The summed E-state index contributed by atoms with van der Waals surface area (Å²) in [6.07, 6.45) is 1.72. The second kappa shape index (κ2) is 5.85. The van der Waals surface area contributed by atoms with Crippen LogP contribution in [-0.4, -0.2) is 42.4 Å². The first-order valence-corrected chi connectivity index (χ1v) is 8.67. The first kappa shape index (κ1) is 16.1. The number of fused-ring (bicyclic) bond motifs is 2. The molecule has 0 saturated heterocycles. The van der Waals surface area contributed by atoms with Gasteiger partial charge in [-0.15, -0.1) is 0 Å². The summed E-state index contributed by atoms with van der Waals surface area (Å²) in [5.41, 5.74) is 5.36. The molecule has 2 aliphatic rings. The standard InChI is InChI=1S/C20H23NO4/c1-4-25-20-16(23)8-11-5-6-21(2)14-7-12-9-15(22)17(24-3)10-13(12)19(20)18(11)14/h8-10,14,22-23H,4-7H2,1-3H3. The molecular weight excluding hydrogens is 318 g/mol. The Morgan fingerprint density at radius 1 is 1.16 bits per heavy atom. The van der Waals surface area contributed by atoms with Gasteiger partial charge in [-0.25, -0.2) is 0 Å². The third-order valence-electron chi connectivity index (χ3n) is 5.36. The van der Waals surface area contributed by atoms with Crippen molar-refractivity contribution >= 4 is 0 Å². The van der Waals surface area contributed by atoms with E-state index in [1.807, 2.05) is 19.1 Å². The normalized spacial score (nSPS) is 18.4. The number of nitrogens with zero attached hydrogens (tertiary/aromatic N) is 1. The number of methoxy groups -OCH3 is 1. The molecular formula is C20H23NO4. The molecule has 1 aliphatic heterocycles. The molecule has 2 N–H and O–H groups in total. The first-order chi connectivity index (χ1) is 12.0. The van der Waals surface area contributed by atoms with Crippen LogP contribution in [0.3, 0.4) is 0 Å². The lowest BCUT2D eigenvalue weighted by molar-refractivity contribution is 0.226. The van der Waals surface area contributed by atoms with Crippen LogP contribution in [0, 0.1) is 0 Å². The van der Waals surface area contributed by atoms with Gasteiger partial charge in [0, 0.05) is 18.2 Å². The van der Waals surface area contributed by atoms with Crippen LogP contribution >= 0.6 is 0 Å². The van der Waals surface area contributed by atoms with E-state index in [0.29, 0.717) is 18.1 Å². The van der Waals surface area contributed by atoms with Gasteiger partial charge in [-0.2, -0.15) is 0 Å². The van der Waals surface area contributed by atoms with Gasteiger partial charge in [-0.05, 0) is 67.3 Å². The fraction of sp³-hybridized carbons (Fsp3) is 0.400. The summed E-state index contributed by atoms with van der Waals surface area (Å²) in [7, 11) is 3.67. The molecule has 1 heterocycles. The summed E-state index contributed by atoms with van der Waals surface area (Å²) in [5.74, 6) is 1.27. The molecule has 0 spiro atoms. The smallest absolute Gasteiger partial charge is 0.169 e. The van der Waals surface area contributed by atoms with Crippen molar-refractivity contribution in [3.63, 3.8) is 0 Å². The lowest BCUT2D eigenvalue weighted by atomic mass is 9.76. The van der Waals surface area contributed by atoms with Gasteiger partial charge in [0.05, 0.1) is 13.7 Å². The van der Waals surface area contributed by atoms with E-state index < -0.39 is 0 Å². The molecule has 1 atom stereocenters. The third-order valence-corrected chi connectivity index (χ3v) is 5.36. The molecule has 0 amide bonds. The monoisotopic (exact) mass is 341 g/mol. The molecule has 1 unspecified atom stereocenters. The zero-order valence-electron chi connectivity index (χ0n) is 14.8. The maximum absolute atomic E-state index is 10.6. The van der Waals surface area contributed by atoms with Crippen molar-refractivity contribution in [2.75, 3.05) is 27.3 Å². The summed E-state index contributed by atoms with van der Waals surface area (Å²) in [4.78, 5) is 2.34. The second-order valence-electron chi connectivity index (χ2n) is 6.74. The SMILES string of the molecule is CCOc1c(O)cc2c3c1-c1cc(OC)c(O)cc1CC3N(C)CC2. The Labute approximate surface area is 147 Å². The van der Waals surface area contributed by atoms with E-state index >= 15 is 0 Å². The lowest BCUT2D eigenvalue weighted by Crippen LogP contribution is -2.35. The predicted molar refractivity (Wildman–Crippen MR) is 95.7 cm³/mol. The van der Waals surface area contributed by atoms with Gasteiger partial charge in [-0.1, -0.05) is 0 Å². The van der Waals surface area contributed by atoms with Crippen LogP contribution < -0.4 is 9.47 Å². The predicted octanol–water partition coefficient (Wildman–Crippen LogP) is 3.26. The van der Waals surface area contributed by atoms with Crippen LogP contribution in [0.4, 0.5) is 0 Å². The highest BCUT2D eigenvalue weighted by atomic mass is 16.5. The average Bonchev–Trinajstić information content (AvgIpc) is 2.59. The Morgan fingerprint density at radius 3 is 2.64 bits per heavy atom. The lowest BCUT2D eigenvalue weighted by Gasteiger charge is -2.40. The van der Waals surface area contributed by atoms with E-state index in [1.165, 1.54) is 11.1 Å². The van der Waals surface area contributed by atoms with Crippen molar-refractivity contribution in [2.45, 2.75) is 25.8 Å². The van der Waals surface area contributed by atoms with Crippen LogP contribution in [0.1, 0.15) is 29.7 Å². The van der Waals surface area contributed by atoms with Crippen LogP contribution in [-0.2, 0) is 12.8 Å². The molecule has 5 heteroatoms. The minimum atomic E-state index is 0.140. The average molecular weight is 341 g/mol. The van der Waals surface area contributed by atoms with Gasteiger partial charge in [0.25, 0.3) is 0 Å². The fourth-order valence-corrected chi connectivity index (χ4v) is 4.18. The molecule has 132 valence electrons. The molecule has 25 heavy (non-hydrogen) atoms. The number of phenols is 2. The molecule has 5 nitrogen and oxygen atoms in total. The Morgan fingerprint density at radius 2 is 1.92 bits per heavy atom. The van der Waals surface area contributed by atoms with Gasteiger partial charge in [0.1, 0.15) is 0 Å². The summed E-state index contributed by atoms with van der Waals surface area (Å²) < 4.78 is 11.1. The highest BCUT2D eigenvalue weighted by Crippen LogP contribution is 2.53. The van der Waals surface area contributed by atoms with E-state index in [-0.39, 0.29) is 17.5 Å². The van der Waals surface area contributed by atoms with Gasteiger partial charge >= 0.3 is 0 Å². The Bertz CT molecular complexity index is 846. The van der Waals surface area contributed by atoms with Crippen molar-refractivity contribution in [3.05, 3.63) is 34.9 Å². The van der Waals surface area contributed by atoms with Crippen molar-refractivity contribution < 1.29 is 19.7 Å². The molecule has 2 aromatic carbocycles. The highest BCUT2D eigenvalue weighted by molar-refractivity contribution is 5.84. The number of rotatable bonds is 3. The van der Waals surface area contributed by atoms with E-state index in [1.54, 1.807) is 13.2 Å². The van der Waals surface area contributed by atoms with Gasteiger partial charge < -0.3 is 19.7 Å². The fourth-order valence-electron chi connectivity index (χ4n) is 4.18. The van der Waals surface area contributed by atoms with Gasteiger partial charge in [-0.3, -0.25) is 4.90 Å². The first-order valence-electron chi connectivity index (χ1n) is 8.67. The highest BCUT2D eigenvalue weighted by Gasteiger charge is 2.36. The number of ether oxygens (including phenoxy) is 2. The molecule has 1 aliphatic carbocycles. The zero-order chi connectivity index (χ0) is 17.7. The van der Waals surface area contributed by atoms with E-state index in [4.69, 9.17) is 9.47 Å². The maximum Gasteiger partial charge on any atom is 0.169 e. The van der Waals surface area contributed by atoms with Crippen molar-refractivity contribution in [1.29, 1.82) is 0 Å². The summed E-state index contributed by atoms with van der Waals surface area (Å²) in [5, 5.41) is 20.8. The van der Waals surface area contributed by atoms with Crippen molar-refractivity contribution in [3.8, 4) is 34.1 Å². The molecule has 0 saturated carbocycles. The van der Waals surface area contributed by atoms with E-state index in [9.17, 15) is 10.2 Å². The topological polar surface area (TPSA) is 62.2 Å². The van der Waals surface area contributed by atoms with Crippen LogP contribution in [0.5, 0.6) is 23.0 Å². The quantitative estimate of drug-likeness (QED) is 0.897. The maximum atomic E-state index is 10.6. The second-order valence-corrected chi connectivity index (χ2v) is 6.74. The van der Waals surface area contributed by atoms with E-state index in [2.05, 4.69) is 11.9 Å². The minimum Gasteiger partial charge on any atom is -0.504 e. The van der Waals surface area contributed by atoms with E-state index in [0.717, 1.165) is 36.1 Å². The minimum absolute atomic E-state index is 0.140. The van der Waals surface area contributed by atoms with Crippen LogP contribution in [0.2, 0.25) is 0 Å². The number of aromatic hydroxyl groups is 2. The summed E-state index contributed by atoms with van der Waals surface area (Å²) in [6.45, 7) is 3.34. The third kappa shape index (κ3) is 2.34. The Hall–Kier alpha value is -2.40. The number of phenolic OH excluding ortho intramolecular Hbond substituents is 2. The summed E-state index contributed by atoms with van der Waals surface area (Å²) in [6, 6.07) is 5.71. The van der Waals surface area contributed by atoms with Crippen molar-refractivity contribution in [2.24, 2.45) is 0 Å². The molecule has 0 aromatic heterocycles. The van der Waals surface area contributed by atoms with Crippen LogP contribution in [0.25, 0.3) is 11.1 Å².